The molecule has 3 aromatic carbocycles. The molecule has 0 N–H and O–H groups in total. The van der Waals surface area contributed by atoms with Crippen LogP contribution in [-0.2, 0) is 0 Å². The fourth-order valence-electron chi connectivity index (χ4n) is 3.19. The standard InChI is InChI=1S/C25H24/c1-4-20-13-17-23(18-14-20)25(22-15-11-19(3)12-16-22)24(5-2)21-9-7-6-8-10-21/h4,6-18H,1,5H2,2-3H3. The lowest BCUT2D eigenvalue weighted by Gasteiger charge is -2.16. The molecular weight excluding hydrogens is 300 g/mol. The SMILES string of the molecule is C=Cc1ccc(C(=C(CC)c2ccccc2)c2ccc(C)cc2)cc1. The van der Waals surface area contributed by atoms with Gasteiger partial charge < -0.3 is 0 Å². The van der Waals surface area contributed by atoms with Crippen LogP contribution < -0.4 is 0 Å². The van der Waals surface area contributed by atoms with Gasteiger partial charge in [-0.05, 0) is 46.7 Å². The molecule has 25 heavy (non-hydrogen) atoms. The van der Waals surface area contributed by atoms with Crippen molar-refractivity contribution in [3.05, 3.63) is 113 Å². The second-order valence-electron chi connectivity index (χ2n) is 6.27. The highest BCUT2D eigenvalue weighted by molar-refractivity contribution is 5.98. The van der Waals surface area contributed by atoms with Gasteiger partial charge in [-0.1, -0.05) is 104 Å². The zero-order chi connectivity index (χ0) is 17.6. The molecule has 0 bridgehead atoms. The van der Waals surface area contributed by atoms with E-state index >= 15 is 0 Å². The lowest BCUT2D eigenvalue weighted by Crippen LogP contribution is -1.95. The molecule has 0 unspecified atom stereocenters. The Hall–Kier alpha value is -2.86. The molecule has 0 nitrogen and oxygen atoms in total. The van der Waals surface area contributed by atoms with Crippen LogP contribution in [0.3, 0.4) is 0 Å². The second kappa shape index (κ2) is 7.81. The summed E-state index contributed by atoms with van der Waals surface area (Å²) in [5.41, 5.74) is 8.90. The summed E-state index contributed by atoms with van der Waals surface area (Å²) in [5, 5.41) is 0. The maximum atomic E-state index is 3.86. The minimum atomic E-state index is 0.983. The minimum Gasteiger partial charge on any atom is -0.0985 e. The van der Waals surface area contributed by atoms with Gasteiger partial charge >= 0.3 is 0 Å². The van der Waals surface area contributed by atoms with Gasteiger partial charge in [-0.2, -0.15) is 0 Å². The molecule has 124 valence electrons. The van der Waals surface area contributed by atoms with Crippen molar-refractivity contribution in [1.29, 1.82) is 0 Å². The summed E-state index contributed by atoms with van der Waals surface area (Å²) >= 11 is 0. The van der Waals surface area contributed by atoms with Crippen LogP contribution in [-0.4, -0.2) is 0 Å². The molecule has 0 aromatic heterocycles. The van der Waals surface area contributed by atoms with E-state index in [1.807, 2.05) is 6.08 Å². The first-order valence-corrected chi connectivity index (χ1v) is 8.81. The summed E-state index contributed by atoms with van der Waals surface area (Å²) in [5.74, 6) is 0. The molecule has 0 heterocycles. The van der Waals surface area contributed by atoms with Crippen LogP contribution in [0.25, 0.3) is 17.2 Å². The van der Waals surface area contributed by atoms with E-state index in [9.17, 15) is 0 Å². The first kappa shape index (κ1) is 17.0. The number of hydrogen-bond acceptors (Lipinski definition) is 0. The van der Waals surface area contributed by atoms with Crippen LogP contribution in [0.5, 0.6) is 0 Å². The molecule has 0 aliphatic heterocycles. The van der Waals surface area contributed by atoms with Crippen molar-refractivity contribution in [3.63, 3.8) is 0 Å². The summed E-state index contributed by atoms with van der Waals surface area (Å²) in [6.07, 6.45) is 2.87. The lowest BCUT2D eigenvalue weighted by molar-refractivity contribution is 1.24. The molecular formula is C25H24. The van der Waals surface area contributed by atoms with Crippen LogP contribution in [0, 0.1) is 6.92 Å². The van der Waals surface area contributed by atoms with E-state index in [2.05, 4.69) is 99.3 Å². The Kier molecular flexibility index (Phi) is 5.30. The zero-order valence-corrected chi connectivity index (χ0v) is 15.0. The van der Waals surface area contributed by atoms with E-state index in [-0.39, 0.29) is 0 Å². The van der Waals surface area contributed by atoms with Crippen LogP contribution in [0.15, 0.2) is 85.4 Å². The quantitative estimate of drug-likeness (QED) is 0.443. The van der Waals surface area contributed by atoms with Gasteiger partial charge in [0.15, 0.2) is 0 Å². The average Bonchev–Trinajstić information content (AvgIpc) is 2.68. The molecule has 0 amide bonds. The summed E-state index contributed by atoms with van der Waals surface area (Å²) in [6, 6.07) is 28.2. The Morgan fingerprint density at radius 1 is 0.760 bits per heavy atom. The Morgan fingerprint density at radius 3 is 1.84 bits per heavy atom. The van der Waals surface area contributed by atoms with E-state index in [0.29, 0.717) is 0 Å². The number of benzene rings is 3. The number of allylic oxidation sites excluding steroid dienone is 1. The molecule has 0 atom stereocenters. The maximum absolute atomic E-state index is 3.86. The Balaban J connectivity index is 2.24. The Labute approximate surface area is 151 Å². The summed E-state index contributed by atoms with van der Waals surface area (Å²) in [6.45, 7) is 8.22. The Bertz CT molecular complexity index is 864. The number of aryl methyl sites for hydroxylation is 1. The first-order chi connectivity index (χ1) is 12.2. The monoisotopic (exact) mass is 324 g/mol. The van der Waals surface area contributed by atoms with E-state index in [1.165, 1.54) is 33.4 Å². The van der Waals surface area contributed by atoms with Gasteiger partial charge in [-0.15, -0.1) is 0 Å². The van der Waals surface area contributed by atoms with Crippen LogP contribution >= 0.6 is 0 Å². The number of hydrogen-bond donors (Lipinski definition) is 0. The molecule has 0 saturated heterocycles. The third-order valence-corrected chi connectivity index (χ3v) is 4.55. The first-order valence-electron chi connectivity index (χ1n) is 8.81. The van der Waals surface area contributed by atoms with Crippen molar-refractivity contribution in [1.82, 2.24) is 0 Å². The summed E-state index contributed by atoms with van der Waals surface area (Å²) < 4.78 is 0. The summed E-state index contributed by atoms with van der Waals surface area (Å²) in [4.78, 5) is 0. The largest absolute Gasteiger partial charge is 0.0985 e. The molecule has 3 aromatic rings. The third-order valence-electron chi connectivity index (χ3n) is 4.55. The molecule has 0 heteroatoms. The smallest absolute Gasteiger partial charge is 0.00735 e. The van der Waals surface area contributed by atoms with E-state index in [1.54, 1.807) is 0 Å². The van der Waals surface area contributed by atoms with Gasteiger partial charge in [0.25, 0.3) is 0 Å². The molecule has 0 fully saturated rings. The van der Waals surface area contributed by atoms with Crippen molar-refractivity contribution in [2.24, 2.45) is 0 Å². The molecule has 3 rings (SSSR count). The molecule has 0 aliphatic rings. The third kappa shape index (κ3) is 3.80. The predicted octanol–water partition coefficient (Wildman–Crippen LogP) is 7.01. The average molecular weight is 324 g/mol. The molecule has 0 saturated carbocycles. The van der Waals surface area contributed by atoms with Gasteiger partial charge in [0.1, 0.15) is 0 Å². The fraction of sp³-hybridized carbons (Fsp3) is 0.120. The Morgan fingerprint density at radius 2 is 1.32 bits per heavy atom. The summed E-state index contributed by atoms with van der Waals surface area (Å²) in [7, 11) is 0. The van der Waals surface area contributed by atoms with E-state index < -0.39 is 0 Å². The van der Waals surface area contributed by atoms with Crippen molar-refractivity contribution < 1.29 is 0 Å². The topological polar surface area (TPSA) is 0 Å². The van der Waals surface area contributed by atoms with Crippen molar-refractivity contribution in [3.8, 4) is 0 Å². The van der Waals surface area contributed by atoms with Crippen molar-refractivity contribution in [2.45, 2.75) is 20.3 Å². The van der Waals surface area contributed by atoms with Crippen LogP contribution in [0.4, 0.5) is 0 Å². The van der Waals surface area contributed by atoms with Gasteiger partial charge in [0.05, 0.1) is 0 Å². The highest BCUT2D eigenvalue weighted by Gasteiger charge is 2.12. The predicted molar refractivity (Wildman–Crippen MR) is 110 cm³/mol. The van der Waals surface area contributed by atoms with Gasteiger partial charge in [-0.3, -0.25) is 0 Å². The van der Waals surface area contributed by atoms with Crippen molar-refractivity contribution in [2.75, 3.05) is 0 Å². The van der Waals surface area contributed by atoms with Gasteiger partial charge in [0, 0.05) is 0 Å². The van der Waals surface area contributed by atoms with Gasteiger partial charge in [-0.25, -0.2) is 0 Å². The fourth-order valence-corrected chi connectivity index (χ4v) is 3.19. The normalized spacial score (nSPS) is 11.8. The minimum absolute atomic E-state index is 0.983. The van der Waals surface area contributed by atoms with Gasteiger partial charge in [0.2, 0.25) is 0 Å². The highest BCUT2D eigenvalue weighted by atomic mass is 14.2. The molecule has 0 aliphatic carbocycles. The molecule has 0 spiro atoms. The van der Waals surface area contributed by atoms with Crippen LogP contribution in [0.2, 0.25) is 0 Å². The van der Waals surface area contributed by atoms with E-state index in [0.717, 1.165) is 12.0 Å². The second-order valence-corrected chi connectivity index (χ2v) is 6.27. The maximum Gasteiger partial charge on any atom is -0.00735 e. The highest BCUT2D eigenvalue weighted by Crippen LogP contribution is 2.34. The van der Waals surface area contributed by atoms with E-state index in [4.69, 9.17) is 0 Å². The van der Waals surface area contributed by atoms with Crippen LogP contribution in [0.1, 0.15) is 41.2 Å². The lowest BCUT2D eigenvalue weighted by atomic mass is 9.87. The number of rotatable bonds is 5. The molecule has 0 radical (unpaired) electrons. The zero-order valence-electron chi connectivity index (χ0n) is 15.0. The van der Waals surface area contributed by atoms with Crippen molar-refractivity contribution >= 4 is 17.2 Å².